The van der Waals surface area contributed by atoms with Gasteiger partial charge in [0.15, 0.2) is 12.1 Å². The lowest BCUT2D eigenvalue weighted by Crippen LogP contribution is -2.24. The van der Waals surface area contributed by atoms with Crippen LogP contribution in [0.2, 0.25) is 0 Å². The first-order valence-corrected chi connectivity index (χ1v) is 5.16. The van der Waals surface area contributed by atoms with Crippen molar-refractivity contribution < 1.29 is 9.18 Å². The summed E-state index contributed by atoms with van der Waals surface area (Å²) in [5, 5.41) is 0. The Hall–Kier alpha value is -1.45. The summed E-state index contributed by atoms with van der Waals surface area (Å²) >= 11 is 0. The molecule has 1 aromatic heterocycles. The number of halogens is 1. The number of nitrogens with zero attached hydrogens (tertiary/aromatic N) is 2. The van der Waals surface area contributed by atoms with E-state index in [4.69, 9.17) is 0 Å². The topological polar surface area (TPSA) is 33.2 Å². The Kier molecular flexibility index (Phi) is 1.78. The van der Waals surface area contributed by atoms with Gasteiger partial charge in [-0.25, -0.2) is 4.39 Å². The lowest BCUT2D eigenvalue weighted by Gasteiger charge is -2.21. The molecule has 0 spiro atoms. The predicted molar refractivity (Wildman–Crippen MR) is 53.4 cm³/mol. The number of rotatable bonds is 2. The van der Waals surface area contributed by atoms with E-state index in [-0.39, 0.29) is 5.56 Å². The van der Waals surface area contributed by atoms with E-state index in [0.717, 1.165) is 25.1 Å². The first-order chi connectivity index (χ1) is 7.31. The van der Waals surface area contributed by atoms with Crippen molar-refractivity contribution in [1.29, 1.82) is 0 Å². The zero-order chi connectivity index (χ0) is 10.4. The highest BCUT2D eigenvalue weighted by molar-refractivity contribution is 5.85. The summed E-state index contributed by atoms with van der Waals surface area (Å²) in [5.41, 5.74) is 0.813. The van der Waals surface area contributed by atoms with Gasteiger partial charge in [0, 0.05) is 12.6 Å². The standard InChI is InChI=1S/C11H11FN2O/c12-9-4-13-5-11(8(9)6-15)14-2-1-7-3-10(7)14/h4-7,10H,1-3H2. The summed E-state index contributed by atoms with van der Waals surface area (Å²) in [6.07, 6.45) is 5.59. The number of carbonyl (C=O) groups is 1. The molecular formula is C11H11FN2O. The molecular weight excluding hydrogens is 195 g/mol. The van der Waals surface area contributed by atoms with Gasteiger partial charge in [-0.2, -0.15) is 0 Å². The fourth-order valence-corrected chi connectivity index (χ4v) is 2.47. The fourth-order valence-electron chi connectivity index (χ4n) is 2.47. The maximum Gasteiger partial charge on any atom is 0.155 e. The molecule has 3 rings (SSSR count). The summed E-state index contributed by atoms with van der Waals surface area (Å²) in [6.45, 7) is 0.918. The van der Waals surface area contributed by atoms with E-state index in [2.05, 4.69) is 9.88 Å². The quantitative estimate of drug-likeness (QED) is 0.689. The van der Waals surface area contributed by atoms with Gasteiger partial charge in [-0.05, 0) is 18.8 Å². The van der Waals surface area contributed by atoms with Crippen LogP contribution in [-0.4, -0.2) is 23.9 Å². The van der Waals surface area contributed by atoms with Gasteiger partial charge in [-0.3, -0.25) is 9.78 Å². The van der Waals surface area contributed by atoms with Gasteiger partial charge in [0.25, 0.3) is 0 Å². The maximum atomic E-state index is 13.3. The van der Waals surface area contributed by atoms with E-state index in [9.17, 15) is 9.18 Å². The van der Waals surface area contributed by atoms with Crippen LogP contribution in [0.4, 0.5) is 10.1 Å². The minimum Gasteiger partial charge on any atom is -0.366 e. The molecule has 78 valence electrons. The second-order valence-corrected chi connectivity index (χ2v) is 4.22. The molecule has 0 N–H and O–H groups in total. The van der Waals surface area contributed by atoms with Gasteiger partial charge in [-0.1, -0.05) is 0 Å². The molecule has 2 heterocycles. The summed E-state index contributed by atoms with van der Waals surface area (Å²) in [5.74, 6) is 0.236. The van der Waals surface area contributed by atoms with Crippen molar-refractivity contribution in [2.24, 2.45) is 5.92 Å². The van der Waals surface area contributed by atoms with E-state index < -0.39 is 5.82 Å². The van der Waals surface area contributed by atoms with E-state index in [0.29, 0.717) is 18.0 Å². The summed E-state index contributed by atoms with van der Waals surface area (Å²) in [4.78, 5) is 16.8. The maximum absolute atomic E-state index is 13.3. The average Bonchev–Trinajstić information content (AvgIpc) is 2.90. The van der Waals surface area contributed by atoms with Gasteiger partial charge in [0.05, 0.1) is 23.6 Å². The highest BCUT2D eigenvalue weighted by Crippen LogP contribution is 2.46. The summed E-state index contributed by atoms with van der Waals surface area (Å²) in [7, 11) is 0. The lowest BCUT2D eigenvalue weighted by molar-refractivity contribution is 0.112. The molecule has 2 fully saturated rings. The number of hydrogen-bond acceptors (Lipinski definition) is 3. The molecule has 1 saturated heterocycles. The number of aromatic nitrogens is 1. The Labute approximate surface area is 86.9 Å². The number of fused-ring (bicyclic) bond motifs is 1. The Balaban J connectivity index is 2.03. The van der Waals surface area contributed by atoms with E-state index >= 15 is 0 Å². The van der Waals surface area contributed by atoms with E-state index in [1.54, 1.807) is 6.20 Å². The molecule has 2 aliphatic rings. The van der Waals surface area contributed by atoms with Crippen molar-refractivity contribution in [2.45, 2.75) is 18.9 Å². The normalized spacial score (nSPS) is 27.7. The lowest BCUT2D eigenvalue weighted by atomic mass is 10.2. The molecule has 3 nitrogen and oxygen atoms in total. The van der Waals surface area contributed by atoms with Crippen LogP contribution in [0.25, 0.3) is 0 Å². The van der Waals surface area contributed by atoms with Crippen molar-refractivity contribution in [3.8, 4) is 0 Å². The summed E-state index contributed by atoms with van der Waals surface area (Å²) in [6, 6.07) is 0.521. The third kappa shape index (κ3) is 1.24. The number of aldehydes is 1. The SMILES string of the molecule is O=Cc1c(F)cncc1N1CCC2CC21. The fraction of sp³-hybridized carbons (Fsp3) is 0.455. The smallest absolute Gasteiger partial charge is 0.155 e. The van der Waals surface area contributed by atoms with Crippen molar-refractivity contribution in [1.82, 2.24) is 4.98 Å². The van der Waals surface area contributed by atoms with Crippen LogP contribution >= 0.6 is 0 Å². The molecule has 0 amide bonds. The Morgan fingerprint density at radius 3 is 3.00 bits per heavy atom. The first kappa shape index (κ1) is 8.83. The molecule has 0 bridgehead atoms. The second kappa shape index (κ2) is 3.02. The molecule has 0 radical (unpaired) electrons. The largest absolute Gasteiger partial charge is 0.366 e. The Morgan fingerprint density at radius 1 is 1.53 bits per heavy atom. The van der Waals surface area contributed by atoms with Crippen LogP contribution in [0.15, 0.2) is 12.4 Å². The second-order valence-electron chi connectivity index (χ2n) is 4.22. The highest BCUT2D eigenvalue weighted by atomic mass is 19.1. The zero-order valence-electron chi connectivity index (χ0n) is 8.19. The van der Waals surface area contributed by atoms with Crippen molar-refractivity contribution in [3.05, 3.63) is 23.8 Å². The summed E-state index contributed by atoms with van der Waals surface area (Å²) < 4.78 is 13.3. The van der Waals surface area contributed by atoms with Crippen LogP contribution in [0.1, 0.15) is 23.2 Å². The molecule has 1 aliphatic carbocycles. The van der Waals surface area contributed by atoms with Gasteiger partial charge >= 0.3 is 0 Å². The predicted octanol–water partition coefficient (Wildman–Crippen LogP) is 1.63. The van der Waals surface area contributed by atoms with Crippen LogP contribution in [0.3, 0.4) is 0 Å². The van der Waals surface area contributed by atoms with Gasteiger partial charge in [0.1, 0.15) is 0 Å². The van der Waals surface area contributed by atoms with Crippen LogP contribution in [0, 0.1) is 11.7 Å². The number of piperidine rings is 1. The minimum atomic E-state index is -0.522. The molecule has 4 heteroatoms. The van der Waals surface area contributed by atoms with Crippen LogP contribution < -0.4 is 4.90 Å². The zero-order valence-corrected chi connectivity index (χ0v) is 8.19. The first-order valence-electron chi connectivity index (χ1n) is 5.16. The minimum absolute atomic E-state index is 0.151. The van der Waals surface area contributed by atoms with Gasteiger partial charge < -0.3 is 4.90 Å². The molecule has 15 heavy (non-hydrogen) atoms. The Bertz CT molecular complexity index is 421. The van der Waals surface area contributed by atoms with Gasteiger partial charge in [0.2, 0.25) is 0 Å². The van der Waals surface area contributed by atoms with Crippen molar-refractivity contribution >= 4 is 12.0 Å². The van der Waals surface area contributed by atoms with E-state index in [1.165, 1.54) is 6.42 Å². The van der Waals surface area contributed by atoms with Crippen LogP contribution in [-0.2, 0) is 0 Å². The molecule has 1 aliphatic heterocycles. The molecule has 1 aromatic rings. The number of anilines is 1. The molecule has 2 unspecified atom stereocenters. The number of hydrogen-bond donors (Lipinski definition) is 0. The van der Waals surface area contributed by atoms with Gasteiger partial charge in [-0.15, -0.1) is 0 Å². The Morgan fingerprint density at radius 2 is 2.40 bits per heavy atom. The molecule has 1 saturated carbocycles. The average molecular weight is 206 g/mol. The van der Waals surface area contributed by atoms with E-state index in [1.807, 2.05) is 0 Å². The van der Waals surface area contributed by atoms with Crippen molar-refractivity contribution in [3.63, 3.8) is 0 Å². The number of carbonyl (C=O) groups excluding carboxylic acids is 1. The van der Waals surface area contributed by atoms with Crippen LogP contribution in [0.5, 0.6) is 0 Å². The van der Waals surface area contributed by atoms with Crippen molar-refractivity contribution in [2.75, 3.05) is 11.4 Å². The molecule has 0 aromatic carbocycles. The third-order valence-corrected chi connectivity index (χ3v) is 3.37. The monoisotopic (exact) mass is 206 g/mol. The number of pyridine rings is 1. The third-order valence-electron chi connectivity index (χ3n) is 3.37. The molecule has 2 atom stereocenters. The highest BCUT2D eigenvalue weighted by Gasteiger charge is 2.47.